The van der Waals surface area contributed by atoms with Gasteiger partial charge in [0.05, 0.1) is 0 Å². The Morgan fingerprint density at radius 2 is 1.50 bits per heavy atom. The summed E-state index contributed by atoms with van der Waals surface area (Å²) >= 11 is 0. The molecule has 0 saturated carbocycles. The molecule has 1 unspecified atom stereocenters. The van der Waals surface area contributed by atoms with Gasteiger partial charge in [0, 0.05) is 19.6 Å². The molecule has 0 aromatic carbocycles. The third kappa shape index (κ3) is 4.96. The van der Waals surface area contributed by atoms with Gasteiger partial charge in [-0.1, -0.05) is 41.5 Å². The van der Waals surface area contributed by atoms with Gasteiger partial charge in [-0.15, -0.1) is 0 Å². The molecule has 2 aliphatic rings. The van der Waals surface area contributed by atoms with E-state index in [0.29, 0.717) is 5.41 Å². The summed E-state index contributed by atoms with van der Waals surface area (Å²) in [6.07, 6.45) is 4.23. The summed E-state index contributed by atoms with van der Waals surface area (Å²) in [5.74, 6) is 3.52. The van der Waals surface area contributed by atoms with Crippen LogP contribution in [0.1, 0.15) is 60.8 Å². The first-order valence-electron chi connectivity index (χ1n) is 9.72. The Kier molecular flexibility index (Phi) is 6.36. The van der Waals surface area contributed by atoms with Gasteiger partial charge in [-0.2, -0.15) is 0 Å². The molecule has 0 N–H and O–H groups in total. The molecule has 2 rings (SSSR count). The minimum Gasteiger partial charge on any atom is -0.303 e. The zero-order chi connectivity index (χ0) is 16.3. The molecule has 2 aliphatic heterocycles. The van der Waals surface area contributed by atoms with Crippen LogP contribution in [0.5, 0.6) is 0 Å². The molecule has 2 fully saturated rings. The Labute approximate surface area is 139 Å². The second-order valence-corrected chi connectivity index (χ2v) is 9.49. The van der Waals surface area contributed by atoms with Crippen LogP contribution in [0, 0.1) is 29.1 Å². The van der Waals surface area contributed by atoms with Crippen LogP contribution in [0.25, 0.3) is 0 Å². The van der Waals surface area contributed by atoms with Gasteiger partial charge in [-0.25, -0.2) is 0 Å². The molecular weight excluding hydrogens is 268 g/mol. The van der Waals surface area contributed by atoms with Crippen molar-refractivity contribution in [2.24, 2.45) is 29.1 Å². The predicted octanol–water partition coefficient (Wildman–Crippen LogP) is 4.36. The monoisotopic (exact) mass is 308 g/mol. The van der Waals surface area contributed by atoms with Crippen LogP contribution in [-0.4, -0.2) is 49.1 Å². The molecule has 0 radical (unpaired) electrons. The number of piperidine rings is 2. The highest BCUT2D eigenvalue weighted by Crippen LogP contribution is 2.36. The summed E-state index contributed by atoms with van der Waals surface area (Å²) in [5, 5.41) is 0. The van der Waals surface area contributed by atoms with E-state index in [1.54, 1.807) is 0 Å². The van der Waals surface area contributed by atoms with E-state index < -0.39 is 0 Å². The summed E-state index contributed by atoms with van der Waals surface area (Å²) in [6, 6.07) is 0. The second kappa shape index (κ2) is 7.66. The lowest BCUT2D eigenvalue weighted by Gasteiger charge is -2.47. The predicted molar refractivity (Wildman–Crippen MR) is 97.2 cm³/mol. The summed E-state index contributed by atoms with van der Waals surface area (Å²) in [5.41, 5.74) is 0.474. The van der Waals surface area contributed by atoms with Gasteiger partial charge in [0.2, 0.25) is 0 Å². The van der Waals surface area contributed by atoms with Gasteiger partial charge >= 0.3 is 0 Å². The fraction of sp³-hybridized carbons (Fsp3) is 1.00. The van der Waals surface area contributed by atoms with E-state index in [1.807, 2.05) is 0 Å². The first-order chi connectivity index (χ1) is 10.3. The van der Waals surface area contributed by atoms with Crippen molar-refractivity contribution in [3.05, 3.63) is 0 Å². The molecule has 2 saturated heterocycles. The van der Waals surface area contributed by atoms with Crippen LogP contribution in [0.4, 0.5) is 0 Å². The molecule has 0 aromatic rings. The van der Waals surface area contributed by atoms with Crippen LogP contribution >= 0.6 is 0 Å². The minimum atomic E-state index is 0.474. The second-order valence-electron chi connectivity index (χ2n) is 9.49. The van der Waals surface area contributed by atoms with Gasteiger partial charge < -0.3 is 9.80 Å². The van der Waals surface area contributed by atoms with Gasteiger partial charge in [-0.05, 0) is 68.0 Å². The molecule has 2 nitrogen and oxygen atoms in total. The first kappa shape index (κ1) is 18.3. The average molecular weight is 309 g/mol. The molecule has 22 heavy (non-hydrogen) atoms. The van der Waals surface area contributed by atoms with E-state index in [-0.39, 0.29) is 0 Å². The van der Waals surface area contributed by atoms with Crippen molar-refractivity contribution >= 4 is 0 Å². The van der Waals surface area contributed by atoms with Gasteiger partial charge in [0.25, 0.3) is 0 Å². The van der Waals surface area contributed by atoms with E-state index in [2.05, 4.69) is 51.3 Å². The fourth-order valence-corrected chi connectivity index (χ4v) is 4.64. The fourth-order valence-electron chi connectivity index (χ4n) is 4.64. The quantitative estimate of drug-likeness (QED) is 0.744. The van der Waals surface area contributed by atoms with Gasteiger partial charge in [0.15, 0.2) is 0 Å². The van der Waals surface area contributed by atoms with E-state index in [4.69, 9.17) is 0 Å². The van der Waals surface area contributed by atoms with Crippen molar-refractivity contribution in [3.63, 3.8) is 0 Å². The summed E-state index contributed by atoms with van der Waals surface area (Å²) in [4.78, 5) is 5.47. The topological polar surface area (TPSA) is 6.48 Å². The molecule has 130 valence electrons. The lowest BCUT2D eigenvalue weighted by molar-refractivity contribution is 0.0187. The van der Waals surface area contributed by atoms with Crippen LogP contribution < -0.4 is 0 Å². The molecule has 1 atom stereocenters. The highest BCUT2D eigenvalue weighted by molar-refractivity contribution is 4.90. The van der Waals surface area contributed by atoms with Gasteiger partial charge in [-0.3, -0.25) is 0 Å². The van der Waals surface area contributed by atoms with E-state index in [1.165, 1.54) is 58.5 Å². The van der Waals surface area contributed by atoms with E-state index in [0.717, 1.165) is 23.7 Å². The molecular formula is C20H40N2. The third-order valence-electron chi connectivity index (χ3n) is 6.21. The third-order valence-corrected chi connectivity index (χ3v) is 6.21. The molecule has 0 amide bonds. The zero-order valence-electron chi connectivity index (χ0n) is 16.1. The van der Waals surface area contributed by atoms with Gasteiger partial charge in [0.1, 0.15) is 0 Å². The highest BCUT2D eigenvalue weighted by atomic mass is 15.2. The van der Waals surface area contributed by atoms with Crippen LogP contribution in [-0.2, 0) is 0 Å². The van der Waals surface area contributed by atoms with Crippen molar-refractivity contribution < 1.29 is 0 Å². The number of likely N-dealkylation sites (tertiary alicyclic amines) is 2. The van der Waals surface area contributed by atoms with Crippen molar-refractivity contribution in [3.8, 4) is 0 Å². The molecule has 2 heteroatoms. The SMILES string of the molecule is CC(C)CN1CCC(CN2CCC(C(C)C)CC2)C(C)(C)C1. The lowest BCUT2D eigenvalue weighted by Crippen LogP contribution is -2.51. The largest absolute Gasteiger partial charge is 0.303 e. The number of rotatable bonds is 5. The molecule has 0 aliphatic carbocycles. The maximum atomic E-state index is 2.77. The number of hydrogen-bond acceptors (Lipinski definition) is 2. The number of hydrogen-bond donors (Lipinski definition) is 0. The maximum Gasteiger partial charge on any atom is 0.00359 e. The first-order valence-corrected chi connectivity index (χ1v) is 9.72. The smallest absolute Gasteiger partial charge is 0.00359 e. The Morgan fingerprint density at radius 3 is 2.00 bits per heavy atom. The van der Waals surface area contributed by atoms with E-state index >= 15 is 0 Å². The summed E-state index contributed by atoms with van der Waals surface area (Å²) in [7, 11) is 0. The summed E-state index contributed by atoms with van der Waals surface area (Å²) < 4.78 is 0. The molecule has 2 heterocycles. The minimum absolute atomic E-state index is 0.474. The normalized spacial score (nSPS) is 28.6. The van der Waals surface area contributed by atoms with Crippen LogP contribution in [0.3, 0.4) is 0 Å². The highest BCUT2D eigenvalue weighted by Gasteiger charge is 2.37. The Hall–Kier alpha value is -0.0800. The van der Waals surface area contributed by atoms with Crippen LogP contribution in [0.15, 0.2) is 0 Å². The average Bonchev–Trinajstić information content (AvgIpc) is 2.41. The van der Waals surface area contributed by atoms with Crippen LogP contribution in [0.2, 0.25) is 0 Å². The van der Waals surface area contributed by atoms with Crippen molar-refractivity contribution in [2.45, 2.75) is 60.8 Å². The van der Waals surface area contributed by atoms with Crippen molar-refractivity contribution in [1.82, 2.24) is 9.80 Å². The Balaban J connectivity index is 1.81. The molecule has 0 spiro atoms. The van der Waals surface area contributed by atoms with E-state index in [9.17, 15) is 0 Å². The van der Waals surface area contributed by atoms with Crippen molar-refractivity contribution in [2.75, 3.05) is 39.3 Å². The standard InChI is InChI=1S/C20H40N2/c1-16(2)13-22-12-9-19(20(5,6)15-22)14-21-10-7-18(8-11-21)17(3)4/h16-19H,7-15H2,1-6H3. The summed E-state index contributed by atoms with van der Waals surface area (Å²) in [6.45, 7) is 22.4. The molecule has 0 aromatic heterocycles. The Bertz CT molecular complexity index is 327. The zero-order valence-corrected chi connectivity index (χ0v) is 16.1. The lowest BCUT2D eigenvalue weighted by atomic mass is 9.73. The van der Waals surface area contributed by atoms with Crippen molar-refractivity contribution in [1.29, 1.82) is 0 Å². The maximum absolute atomic E-state index is 2.77. The number of nitrogens with zero attached hydrogens (tertiary/aromatic N) is 2. The Morgan fingerprint density at radius 1 is 0.909 bits per heavy atom. The molecule has 0 bridgehead atoms.